The lowest BCUT2D eigenvalue weighted by Gasteiger charge is -2.58. The molecule has 1 aromatic rings. The van der Waals surface area contributed by atoms with E-state index < -0.39 is 11.0 Å². The van der Waals surface area contributed by atoms with Crippen molar-refractivity contribution in [3.05, 3.63) is 29.3 Å². The lowest BCUT2D eigenvalue weighted by molar-refractivity contribution is -0.196. The second-order valence-electron chi connectivity index (χ2n) is 8.91. The second kappa shape index (κ2) is 6.08. The molecule has 1 aromatic carbocycles. The third kappa shape index (κ3) is 3.13. The van der Waals surface area contributed by atoms with Crippen molar-refractivity contribution < 1.29 is 19.4 Å². The van der Waals surface area contributed by atoms with Crippen molar-refractivity contribution in [3.63, 3.8) is 0 Å². The number of esters is 1. The monoisotopic (exact) mass is 357 g/mol. The Balaban J connectivity index is 1.37. The van der Waals surface area contributed by atoms with Crippen LogP contribution in [0.15, 0.2) is 18.2 Å². The highest BCUT2D eigenvalue weighted by Crippen LogP contribution is 2.61. The molecule has 2 N–H and O–H groups in total. The molecule has 4 atom stereocenters. The van der Waals surface area contributed by atoms with Gasteiger partial charge in [-0.1, -0.05) is 17.7 Å². The van der Waals surface area contributed by atoms with Gasteiger partial charge in [-0.15, -0.1) is 0 Å². The van der Waals surface area contributed by atoms with Crippen LogP contribution < -0.4 is 5.32 Å². The van der Waals surface area contributed by atoms with Gasteiger partial charge in [-0.3, -0.25) is 9.59 Å². The number of aryl methyl sites for hydroxylation is 2. The molecule has 4 saturated carbocycles. The van der Waals surface area contributed by atoms with Crippen LogP contribution >= 0.6 is 0 Å². The van der Waals surface area contributed by atoms with Gasteiger partial charge in [0.2, 0.25) is 0 Å². The number of anilines is 1. The number of rotatable bonds is 4. The van der Waals surface area contributed by atoms with Gasteiger partial charge in [0.05, 0.1) is 11.0 Å². The van der Waals surface area contributed by atoms with Crippen LogP contribution in [0.4, 0.5) is 5.69 Å². The number of carbonyl (C=O) groups excluding carboxylic acids is 2. The fraction of sp³-hybridized carbons (Fsp3) is 0.619. The van der Waals surface area contributed by atoms with E-state index in [9.17, 15) is 14.7 Å². The van der Waals surface area contributed by atoms with E-state index in [4.69, 9.17) is 4.74 Å². The summed E-state index contributed by atoms with van der Waals surface area (Å²) in [6.07, 6.45) is 4.82. The van der Waals surface area contributed by atoms with Crippen molar-refractivity contribution in [3.8, 4) is 0 Å². The van der Waals surface area contributed by atoms with Gasteiger partial charge < -0.3 is 15.2 Å². The number of ether oxygens (including phenoxy) is 1. The van der Waals surface area contributed by atoms with Crippen molar-refractivity contribution in [1.29, 1.82) is 0 Å². The van der Waals surface area contributed by atoms with Gasteiger partial charge in [-0.25, -0.2) is 0 Å². The van der Waals surface area contributed by atoms with E-state index in [-0.39, 0.29) is 18.5 Å². The molecule has 140 valence electrons. The lowest BCUT2D eigenvalue weighted by Crippen LogP contribution is -2.58. The minimum absolute atomic E-state index is 0.276. The number of amides is 1. The third-order valence-corrected chi connectivity index (χ3v) is 6.45. The number of hydrogen-bond acceptors (Lipinski definition) is 4. The highest BCUT2D eigenvalue weighted by molar-refractivity contribution is 5.93. The number of benzene rings is 1. The molecule has 0 heterocycles. The molecule has 0 aliphatic heterocycles. The van der Waals surface area contributed by atoms with Crippen LogP contribution in [0.3, 0.4) is 0 Å². The fourth-order valence-electron chi connectivity index (χ4n) is 5.88. The standard InChI is InChI=1S/C21H27NO4/c1-13-3-4-17(14(2)5-13)22-18(23)11-26-19(24)20-7-15-6-16(8-20)10-21(25,9-15)12-20/h3-5,15-16,25H,6-12H2,1-2H3,(H,22,23)/t15-,16+,20?,21?. The average molecular weight is 357 g/mol. The first-order valence-corrected chi connectivity index (χ1v) is 9.54. The molecule has 0 radical (unpaired) electrons. The zero-order valence-corrected chi connectivity index (χ0v) is 15.5. The molecular formula is C21H27NO4. The molecule has 1 amide bonds. The lowest BCUT2D eigenvalue weighted by atomic mass is 9.48. The molecular weight excluding hydrogens is 330 g/mol. The Morgan fingerprint density at radius 2 is 1.88 bits per heavy atom. The number of hydrogen-bond donors (Lipinski definition) is 2. The van der Waals surface area contributed by atoms with Gasteiger partial charge >= 0.3 is 5.97 Å². The summed E-state index contributed by atoms with van der Waals surface area (Å²) < 4.78 is 5.41. The molecule has 5 nitrogen and oxygen atoms in total. The van der Waals surface area contributed by atoms with Crippen LogP contribution in [-0.4, -0.2) is 29.2 Å². The highest BCUT2D eigenvalue weighted by atomic mass is 16.5. The van der Waals surface area contributed by atoms with Gasteiger partial charge in [0, 0.05) is 5.69 Å². The first-order valence-electron chi connectivity index (χ1n) is 9.54. The van der Waals surface area contributed by atoms with E-state index in [0.717, 1.165) is 48.9 Å². The van der Waals surface area contributed by atoms with Gasteiger partial charge in [0.1, 0.15) is 0 Å². The Labute approximate surface area is 154 Å². The maximum atomic E-state index is 12.8. The van der Waals surface area contributed by atoms with Crippen molar-refractivity contribution in [2.45, 2.75) is 58.0 Å². The molecule has 0 spiro atoms. The van der Waals surface area contributed by atoms with Crippen molar-refractivity contribution in [2.24, 2.45) is 17.3 Å². The first-order chi connectivity index (χ1) is 12.3. The second-order valence-corrected chi connectivity index (χ2v) is 8.91. The molecule has 0 aromatic heterocycles. The van der Waals surface area contributed by atoms with E-state index in [1.807, 2.05) is 32.0 Å². The topological polar surface area (TPSA) is 75.6 Å². The molecule has 2 unspecified atom stereocenters. The normalized spacial score (nSPS) is 34.6. The molecule has 4 fully saturated rings. The number of aliphatic hydroxyl groups is 1. The van der Waals surface area contributed by atoms with E-state index in [1.54, 1.807) is 0 Å². The third-order valence-electron chi connectivity index (χ3n) is 6.45. The van der Waals surface area contributed by atoms with E-state index in [1.165, 1.54) is 0 Å². The molecule has 5 rings (SSSR count). The van der Waals surface area contributed by atoms with Crippen LogP contribution in [-0.2, 0) is 14.3 Å². The van der Waals surface area contributed by atoms with Crippen LogP contribution in [0, 0.1) is 31.1 Å². The Bertz CT molecular complexity index is 742. The van der Waals surface area contributed by atoms with Crippen LogP contribution in [0.1, 0.15) is 49.7 Å². The number of carbonyl (C=O) groups is 2. The molecule has 4 bridgehead atoms. The van der Waals surface area contributed by atoms with Crippen LogP contribution in [0.5, 0.6) is 0 Å². The zero-order chi connectivity index (χ0) is 18.5. The van der Waals surface area contributed by atoms with Crippen molar-refractivity contribution in [1.82, 2.24) is 0 Å². The van der Waals surface area contributed by atoms with Crippen molar-refractivity contribution in [2.75, 3.05) is 11.9 Å². The molecule has 26 heavy (non-hydrogen) atoms. The van der Waals surface area contributed by atoms with Gasteiger partial charge in [0.15, 0.2) is 6.61 Å². The fourth-order valence-corrected chi connectivity index (χ4v) is 5.88. The molecule has 0 saturated heterocycles. The maximum absolute atomic E-state index is 12.8. The SMILES string of the molecule is Cc1ccc(NC(=O)COC(=O)C23C[C@@H]4C[C@@H](CC(O)(C4)C2)C3)c(C)c1. The Hall–Kier alpha value is -1.88. The summed E-state index contributed by atoms with van der Waals surface area (Å²) in [6.45, 7) is 3.66. The van der Waals surface area contributed by atoms with Gasteiger partial charge in [-0.05, 0) is 75.8 Å². The summed E-state index contributed by atoms with van der Waals surface area (Å²) in [5.74, 6) is 0.199. The highest BCUT2D eigenvalue weighted by Gasteiger charge is 2.60. The zero-order valence-electron chi connectivity index (χ0n) is 15.5. The predicted molar refractivity (Wildman–Crippen MR) is 97.6 cm³/mol. The van der Waals surface area contributed by atoms with E-state index >= 15 is 0 Å². The quantitative estimate of drug-likeness (QED) is 0.812. The minimum Gasteiger partial charge on any atom is -0.455 e. The maximum Gasteiger partial charge on any atom is 0.312 e. The summed E-state index contributed by atoms with van der Waals surface area (Å²) in [4.78, 5) is 25.0. The van der Waals surface area contributed by atoms with Crippen LogP contribution in [0.25, 0.3) is 0 Å². The summed E-state index contributed by atoms with van der Waals surface area (Å²) in [6, 6.07) is 5.79. The smallest absolute Gasteiger partial charge is 0.312 e. The first kappa shape index (κ1) is 17.5. The Kier molecular flexibility index (Phi) is 4.10. The molecule has 4 aliphatic carbocycles. The van der Waals surface area contributed by atoms with E-state index in [0.29, 0.717) is 18.3 Å². The largest absolute Gasteiger partial charge is 0.455 e. The molecule has 4 aliphatic rings. The number of nitrogens with one attached hydrogen (secondary N) is 1. The van der Waals surface area contributed by atoms with Crippen molar-refractivity contribution >= 4 is 17.6 Å². The van der Waals surface area contributed by atoms with Gasteiger partial charge in [-0.2, -0.15) is 0 Å². The van der Waals surface area contributed by atoms with E-state index in [2.05, 4.69) is 5.32 Å². The molecule has 5 heteroatoms. The average Bonchev–Trinajstić information content (AvgIpc) is 2.53. The summed E-state index contributed by atoms with van der Waals surface area (Å²) in [7, 11) is 0. The van der Waals surface area contributed by atoms with Gasteiger partial charge in [0.25, 0.3) is 5.91 Å². The summed E-state index contributed by atoms with van der Waals surface area (Å²) in [5, 5.41) is 13.6. The minimum atomic E-state index is -0.704. The van der Waals surface area contributed by atoms with Crippen LogP contribution in [0.2, 0.25) is 0 Å². The Morgan fingerprint density at radius 3 is 2.50 bits per heavy atom. The Morgan fingerprint density at radius 1 is 1.19 bits per heavy atom. The predicted octanol–water partition coefficient (Wildman–Crippen LogP) is 3.12. The summed E-state index contributed by atoms with van der Waals surface area (Å²) >= 11 is 0. The summed E-state index contributed by atoms with van der Waals surface area (Å²) in [5.41, 5.74) is 1.56.